The zero-order valence-electron chi connectivity index (χ0n) is 17.3. The Morgan fingerprint density at radius 2 is 1.97 bits per heavy atom. The van der Waals surface area contributed by atoms with Crippen LogP contribution in [0.25, 0.3) is 10.9 Å². The van der Waals surface area contributed by atoms with Crippen LogP contribution >= 0.6 is 31.9 Å². The van der Waals surface area contributed by atoms with Gasteiger partial charge in [0.25, 0.3) is 5.56 Å². The van der Waals surface area contributed by atoms with Crippen LogP contribution in [0.2, 0.25) is 0 Å². The number of rotatable bonds is 5. The molecule has 0 atom stereocenters. The number of benzene rings is 2. The van der Waals surface area contributed by atoms with Gasteiger partial charge in [-0.3, -0.25) is 14.9 Å². The standard InChI is InChI=1S/C21H20Br2N4O4/c1-5-31-18-15(23)8-12(9-17(18)27(29)30)11-24-26-19(28)14-10-13(22)6-7-16(14)25-20(26)21(2,3)4/h6-11H,5H2,1-4H3. The Kier molecular flexibility index (Phi) is 6.61. The van der Waals surface area contributed by atoms with Gasteiger partial charge < -0.3 is 4.74 Å². The van der Waals surface area contributed by atoms with Gasteiger partial charge in [0.2, 0.25) is 5.75 Å². The Labute approximate surface area is 195 Å². The number of hydrogen-bond acceptors (Lipinski definition) is 6. The van der Waals surface area contributed by atoms with Crippen LogP contribution in [-0.4, -0.2) is 27.4 Å². The van der Waals surface area contributed by atoms with Crippen molar-refractivity contribution in [3.8, 4) is 5.75 Å². The van der Waals surface area contributed by atoms with Crippen molar-refractivity contribution in [2.45, 2.75) is 33.1 Å². The summed E-state index contributed by atoms with van der Waals surface area (Å²) in [7, 11) is 0. The number of nitrogens with zero attached hydrogens (tertiary/aromatic N) is 4. The Morgan fingerprint density at radius 1 is 1.26 bits per heavy atom. The third-order valence-corrected chi connectivity index (χ3v) is 5.42. The van der Waals surface area contributed by atoms with E-state index in [2.05, 4.69) is 41.9 Å². The number of ether oxygens (including phenoxy) is 1. The first-order chi connectivity index (χ1) is 14.5. The van der Waals surface area contributed by atoms with Gasteiger partial charge in [0, 0.05) is 21.5 Å². The SMILES string of the molecule is CCOc1c(Br)cc(C=Nn2c(C(C)(C)C)nc3ccc(Br)cc3c2=O)cc1[N+](=O)[O-]. The Balaban J connectivity index is 2.20. The Hall–Kier alpha value is -2.59. The molecule has 0 amide bonds. The van der Waals surface area contributed by atoms with Crippen molar-refractivity contribution in [2.75, 3.05) is 6.61 Å². The maximum absolute atomic E-state index is 13.2. The van der Waals surface area contributed by atoms with Gasteiger partial charge in [-0.15, -0.1) is 0 Å². The quantitative estimate of drug-likeness (QED) is 0.240. The average Bonchev–Trinajstić information content (AvgIpc) is 2.68. The second-order valence-corrected chi connectivity index (χ2v) is 9.52. The lowest BCUT2D eigenvalue weighted by Crippen LogP contribution is -2.29. The van der Waals surface area contributed by atoms with Gasteiger partial charge in [0.15, 0.2) is 0 Å². The van der Waals surface area contributed by atoms with E-state index >= 15 is 0 Å². The van der Waals surface area contributed by atoms with Crippen molar-refractivity contribution in [1.82, 2.24) is 9.66 Å². The first-order valence-corrected chi connectivity index (χ1v) is 11.0. The van der Waals surface area contributed by atoms with Crippen molar-refractivity contribution in [1.29, 1.82) is 0 Å². The van der Waals surface area contributed by atoms with E-state index in [4.69, 9.17) is 4.74 Å². The molecule has 0 radical (unpaired) electrons. The molecule has 8 nitrogen and oxygen atoms in total. The largest absolute Gasteiger partial charge is 0.486 e. The van der Waals surface area contributed by atoms with Crippen LogP contribution in [0.15, 0.2) is 49.2 Å². The molecular weight excluding hydrogens is 532 g/mol. The monoisotopic (exact) mass is 550 g/mol. The third kappa shape index (κ3) is 4.85. The molecule has 1 heterocycles. The van der Waals surface area contributed by atoms with Crippen molar-refractivity contribution < 1.29 is 9.66 Å². The molecule has 0 spiro atoms. The van der Waals surface area contributed by atoms with Crippen LogP contribution in [0.4, 0.5) is 5.69 Å². The predicted molar refractivity (Wildman–Crippen MR) is 127 cm³/mol. The molecule has 0 aliphatic heterocycles. The molecule has 162 valence electrons. The summed E-state index contributed by atoms with van der Waals surface area (Å²) in [5, 5.41) is 16.3. The van der Waals surface area contributed by atoms with E-state index in [1.807, 2.05) is 26.8 Å². The smallest absolute Gasteiger partial charge is 0.312 e. The molecular formula is C21H20Br2N4O4. The molecule has 0 saturated heterocycles. The van der Waals surface area contributed by atoms with Crippen LogP contribution in [0, 0.1) is 10.1 Å². The zero-order chi connectivity index (χ0) is 22.9. The van der Waals surface area contributed by atoms with E-state index in [1.165, 1.54) is 17.0 Å². The second-order valence-electron chi connectivity index (χ2n) is 7.75. The van der Waals surface area contributed by atoms with E-state index in [-0.39, 0.29) is 23.6 Å². The summed E-state index contributed by atoms with van der Waals surface area (Å²) < 4.78 is 7.81. The maximum Gasteiger partial charge on any atom is 0.312 e. The molecule has 31 heavy (non-hydrogen) atoms. The lowest BCUT2D eigenvalue weighted by molar-refractivity contribution is -0.385. The summed E-state index contributed by atoms with van der Waals surface area (Å²) in [6, 6.07) is 8.30. The molecule has 1 aromatic heterocycles. The highest BCUT2D eigenvalue weighted by atomic mass is 79.9. The molecule has 0 aliphatic rings. The van der Waals surface area contributed by atoms with E-state index in [0.717, 1.165) is 4.47 Å². The van der Waals surface area contributed by atoms with Crippen molar-refractivity contribution in [2.24, 2.45) is 5.10 Å². The minimum Gasteiger partial charge on any atom is -0.486 e. The molecule has 2 aromatic carbocycles. The first-order valence-electron chi connectivity index (χ1n) is 9.40. The fraction of sp³-hybridized carbons (Fsp3) is 0.286. The number of halogens is 2. The summed E-state index contributed by atoms with van der Waals surface area (Å²) in [5.41, 5.74) is 0.0177. The topological polar surface area (TPSA) is 99.6 Å². The summed E-state index contributed by atoms with van der Waals surface area (Å²) >= 11 is 6.70. The molecule has 0 aliphatic carbocycles. The zero-order valence-corrected chi connectivity index (χ0v) is 20.5. The lowest BCUT2D eigenvalue weighted by Gasteiger charge is -2.20. The second kappa shape index (κ2) is 8.88. The van der Waals surface area contributed by atoms with Crippen LogP contribution in [0.3, 0.4) is 0 Å². The number of hydrogen-bond donors (Lipinski definition) is 0. The molecule has 0 saturated carbocycles. The van der Waals surface area contributed by atoms with Crippen molar-refractivity contribution >= 4 is 54.7 Å². The van der Waals surface area contributed by atoms with E-state index < -0.39 is 10.3 Å². The van der Waals surface area contributed by atoms with Crippen LogP contribution in [-0.2, 0) is 5.41 Å². The summed E-state index contributed by atoms with van der Waals surface area (Å²) in [6.07, 6.45) is 1.40. The van der Waals surface area contributed by atoms with Gasteiger partial charge in [-0.2, -0.15) is 9.78 Å². The summed E-state index contributed by atoms with van der Waals surface area (Å²) in [6.45, 7) is 7.84. The fourth-order valence-electron chi connectivity index (χ4n) is 2.96. The molecule has 3 rings (SSSR count). The predicted octanol–water partition coefficient (Wildman–Crippen LogP) is 5.41. The van der Waals surface area contributed by atoms with Crippen molar-refractivity contribution in [3.05, 3.63) is 71.1 Å². The Morgan fingerprint density at radius 3 is 2.58 bits per heavy atom. The number of nitro groups is 1. The minimum atomic E-state index is -0.519. The fourth-order valence-corrected chi connectivity index (χ4v) is 3.91. The van der Waals surface area contributed by atoms with Gasteiger partial charge in [0.1, 0.15) is 5.82 Å². The van der Waals surface area contributed by atoms with Gasteiger partial charge in [0.05, 0.1) is 33.1 Å². The molecule has 0 bridgehead atoms. The van der Waals surface area contributed by atoms with Crippen LogP contribution in [0.1, 0.15) is 39.1 Å². The normalized spacial score (nSPS) is 11.9. The third-order valence-electron chi connectivity index (χ3n) is 4.33. The maximum atomic E-state index is 13.2. The highest BCUT2D eigenvalue weighted by Gasteiger charge is 2.23. The van der Waals surface area contributed by atoms with Gasteiger partial charge in [-0.05, 0) is 47.1 Å². The molecule has 3 aromatic rings. The number of nitro benzene ring substituents is 1. The summed E-state index contributed by atoms with van der Waals surface area (Å²) in [4.78, 5) is 28.8. The van der Waals surface area contributed by atoms with Gasteiger partial charge in [-0.1, -0.05) is 36.7 Å². The number of aromatic nitrogens is 2. The molecule has 0 unspecified atom stereocenters. The first kappa shape index (κ1) is 23.1. The minimum absolute atomic E-state index is 0.148. The van der Waals surface area contributed by atoms with Crippen LogP contribution in [0.5, 0.6) is 5.75 Å². The van der Waals surface area contributed by atoms with Crippen molar-refractivity contribution in [3.63, 3.8) is 0 Å². The van der Waals surface area contributed by atoms with E-state index in [9.17, 15) is 14.9 Å². The Bertz CT molecular complexity index is 1260. The number of fused-ring (bicyclic) bond motifs is 1. The van der Waals surface area contributed by atoms with E-state index in [1.54, 1.807) is 25.1 Å². The molecule has 10 heteroatoms. The van der Waals surface area contributed by atoms with Gasteiger partial charge in [-0.25, -0.2) is 4.98 Å². The average molecular weight is 552 g/mol. The lowest BCUT2D eigenvalue weighted by atomic mass is 9.95. The van der Waals surface area contributed by atoms with Crippen LogP contribution < -0.4 is 10.3 Å². The molecule has 0 N–H and O–H groups in total. The van der Waals surface area contributed by atoms with E-state index in [0.29, 0.717) is 26.8 Å². The highest BCUT2D eigenvalue weighted by Crippen LogP contribution is 2.36. The highest BCUT2D eigenvalue weighted by molar-refractivity contribution is 9.10. The molecule has 0 fully saturated rings. The van der Waals surface area contributed by atoms with Gasteiger partial charge >= 0.3 is 5.69 Å². The summed E-state index contributed by atoms with van der Waals surface area (Å²) in [5.74, 6) is 0.623.